The first-order valence-electron chi connectivity index (χ1n) is 13.2. The first kappa shape index (κ1) is 28.3. The molecule has 0 aromatic rings. The van der Waals surface area contributed by atoms with E-state index < -0.39 is 0 Å². The van der Waals surface area contributed by atoms with Crippen LogP contribution in [0.25, 0.3) is 0 Å². The van der Waals surface area contributed by atoms with Crippen LogP contribution < -0.4 is 5.32 Å². The normalized spacial score (nSPS) is 11.0. The quantitative estimate of drug-likeness (QED) is 0.170. The molecule has 0 aliphatic heterocycles. The molecule has 0 radical (unpaired) electrons. The lowest BCUT2D eigenvalue weighted by Crippen LogP contribution is -2.25. The third-order valence-corrected chi connectivity index (χ3v) is 5.78. The van der Waals surface area contributed by atoms with Crippen LogP contribution in [0.5, 0.6) is 0 Å². The third kappa shape index (κ3) is 25.2. The number of ether oxygens (including phenoxy) is 1. The molecule has 0 heterocycles. The van der Waals surface area contributed by atoms with Crippen LogP contribution in [0, 0.1) is 0 Å². The molecule has 0 fully saturated rings. The van der Waals surface area contributed by atoms with Crippen LogP contribution in [-0.4, -0.2) is 19.2 Å². The molecule has 0 bridgehead atoms. The maximum atomic E-state index is 11.6. The van der Waals surface area contributed by atoms with Crippen molar-refractivity contribution in [2.24, 2.45) is 0 Å². The second kappa shape index (κ2) is 25.3. The zero-order chi connectivity index (χ0) is 21.3. The van der Waals surface area contributed by atoms with Crippen LogP contribution >= 0.6 is 0 Å². The highest BCUT2D eigenvalue weighted by Crippen LogP contribution is 2.13. The van der Waals surface area contributed by atoms with Crippen molar-refractivity contribution in [1.82, 2.24) is 5.32 Å². The molecule has 1 amide bonds. The van der Waals surface area contributed by atoms with Gasteiger partial charge in [-0.3, -0.25) is 0 Å². The van der Waals surface area contributed by atoms with E-state index >= 15 is 0 Å². The summed E-state index contributed by atoms with van der Waals surface area (Å²) in [5.74, 6) is 0. The summed E-state index contributed by atoms with van der Waals surface area (Å²) >= 11 is 0. The molecule has 29 heavy (non-hydrogen) atoms. The van der Waals surface area contributed by atoms with Crippen molar-refractivity contribution >= 4 is 6.09 Å². The van der Waals surface area contributed by atoms with E-state index in [1.165, 1.54) is 122 Å². The highest BCUT2D eigenvalue weighted by molar-refractivity contribution is 5.66. The Morgan fingerprint density at radius 3 is 1.28 bits per heavy atom. The SMILES string of the molecule is CCCCCCCCCCCCCCCCCCNC(=O)OCCCCCCC. The van der Waals surface area contributed by atoms with Crippen LogP contribution in [0.1, 0.15) is 149 Å². The molecule has 0 rings (SSSR count). The number of hydrogen-bond acceptors (Lipinski definition) is 2. The van der Waals surface area contributed by atoms with Gasteiger partial charge in [-0.15, -0.1) is 0 Å². The van der Waals surface area contributed by atoms with Crippen LogP contribution in [0.3, 0.4) is 0 Å². The Labute approximate surface area is 183 Å². The molecule has 0 aliphatic rings. The summed E-state index contributed by atoms with van der Waals surface area (Å²) in [5, 5.41) is 2.87. The van der Waals surface area contributed by atoms with Gasteiger partial charge in [0.25, 0.3) is 0 Å². The van der Waals surface area contributed by atoms with Gasteiger partial charge in [0.1, 0.15) is 0 Å². The molecule has 174 valence electrons. The van der Waals surface area contributed by atoms with E-state index in [1.54, 1.807) is 0 Å². The van der Waals surface area contributed by atoms with Gasteiger partial charge in [0, 0.05) is 6.54 Å². The van der Waals surface area contributed by atoms with E-state index in [1.807, 2.05) is 0 Å². The molecule has 3 heteroatoms. The first-order valence-corrected chi connectivity index (χ1v) is 13.2. The molecule has 0 aliphatic carbocycles. The van der Waals surface area contributed by atoms with Crippen molar-refractivity contribution in [2.75, 3.05) is 13.2 Å². The molecule has 0 saturated carbocycles. The predicted molar refractivity (Wildman–Crippen MR) is 128 cm³/mol. The number of alkyl carbamates (subject to hydrolysis) is 1. The van der Waals surface area contributed by atoms with Crippen LogP contribution in [0.2, 0.25) is 0 Å². The second-order valence-corrected chi connectivity index (χ2v) is 8.78. The maximum Gasteiger partial charge on any atom is 0.407 e. The Bertz CT molecular complexity index is 320. The van der Waals surface area contributed by atoms with E-state index in [9.17, 15) is 4.79 Å². The molecule has 0 atom stereocenters. The molecule has 0 unspecified atom stereocenters. The fraction of sp³-hybridized carbons (Fsp3) is 0.962. The maximum absolute atomic E-state index is 11.6. The lowest BCUT2D eigenvalue weighted by molar-refractivity contribution is 0.143. The number of hydrogen-bond donors (Lipinski definition) is 1. The number of carbonyl (C=O) groups excluding carboxylic acids is 1. The minimum Gasteiger partial charge on any atom is -0.450 e. The zero-order valence-corrected chi connectivity index (χ0v) is 20.1. The average Bonchev–Trinajstić information content (AvgIpc) is 2.73. The Morgan fingerprint density at radius 1 is 0.517 bits per heavy atom. The van der Waals surface area contributed by atoms with Crippen LogP contribution in [0.15, 0.2) is 0 Å². The Morgan fingerprint density at radius 2 is 0.862 bits per heavy atom. The molecular weight excluding hydrogens is 358 g/mol. The van der Waals surface area contributed by atoms with Gasteiger partial charge in [-0.05, 0) is 12.8 Å². The van der Waals surface area contributed by atoms with Crippen molar-refractivity contribution in [3.63, 3.8) is 0 Å². The Hall–Kier alpha value is -0.730. The average molecular weight is 412 g/mol. The van der Waals surface area contributed by atoms with Gasteiger partial charge in [-0.25, -0.2) is 4.79 Å². The highest BCUT2D eigenvalue weighted by Gasteiger charge is 2.00. The standard InChI is InChI=1S/C26H53NO2/c1-3-5-7-9-10-11-12-13-14-15-16-17-18-19-20-22-24-27-26(28)29-25-23-21-8-6-4-2/h3-25H2,1-2H3,(H,27,28). The minimum absolute atomic E-state index is 0.235. The fourth-order valence-electron chi connectivity index (χ4n) is 3.79. The van der Waals surface area contributed by atoms with Gasteiger partial charge in [0.2, 0.25) is 0 Å². The lowest BCUT2D eigenvalue weighted by atomic mass is 10.0. The number of nitrogens with one attached hydrogen (secondary N) is 1. The fourth-order valence-corrected chi connectivity index (χ4v) is 3.79. The summed E-state index contributed by atoms with van der Waals surface area (Å²) in [6.07, 6.45) is 27.7. The summed E-state index contributed by atoms with van der Waals surface area (Å²) in [6.45, 7) is 5.82. The number of unbranched alkanes of at least 4 members (excludes halogenated alkanes) is 19. The van der Waals surface area contributed by atoms with Crippen molar-refractivity contribution in [3.8, 4) is 0 Å². The van der Waals surface area contributed by atoms with E-state index in [2.05, 4.69) is 19.2 Å². The molecule has 0 saturated heterocycles. The van der Waals surface area contributed by atoms with Crippen molar-refractivity contribution < 1.29 is 9.53 Å². The lowest BCUT2D eigenvalue weighted by Gasteiger charge is -2.07. The van der Waals surface area contributed by atoms with Crippen molar-refractivity contribution in [1.29, 1.82) is 0 Å². The van der Waals surface area contributed by atoms with Crippen molar-refractivity contribution in [2.45, 2.75) is 149 Å². The smallest absolute Gasteiger partial charge is 0.407 e. The Kier molecular flexibility index (Phi) is 24.7. The first-order chi connectivity index (χ1) is 14.3. The van der Waals surface area contributed by atoms with Gasteiger partial charge < -0.3 is 10.1 Å². The second-order valence-electron chi connectivity index (χ2n) is 8.78. The molecular formula is C26H53NO2. The van der Waals surface area contributed by atoms with Gasteiger partial charge in [-0.1, -0.05) is 136 Å². The van der Waals surface area contributed by atoms with Crippen LogP contribution in [-0.2, 0) is 4.74 Å². The third-order valence-electron chi connectivity index (χ3n) is 5.78. The highest BCUT2D eigenvalue weighted by atomic mass is 16.5. The van der Waals surface area contributed by atoms with E-state index in [0.717, 1.165) is 19.4 Å². The Balaban J connectivity index is 3.10. The largest absolute Gasteiger partial charge is 0.450 e. The van der Waals surface area contributed by atoms with Crippen molar-refractivity contribution in [3.05, 3.63) is 0 Å². The van der Waals surface area contributed by atoms with Gasteiger partial charge >= 0.3 is 6.09 Å². The number of amides is 1. The summed E-state index contributed by atoms with van der Waals surface area (Å²) in [6, 6.07) is 0. The summed E-state index contributed by atoms with van der Waals surface area (Å²) in [5.41, 5.74) is 0. The summed E-state index contributed by atoms with van der Waals surface area (Å²) < 4.78 is 5.20. The molecule has 1 N–H and O–H groups in total. The van der Waals surface area contributed by atoms with E-state index in [4.69, 9.17) is 4.74 Å². The van der Waals surface area contributed by atoms with Crippen LogP contribution in [0.4, 0.5) is 4.79 Å². The number of rotatable bonds is 23. The molecule has 0 aromatic heterocycles. The number of carbonyl (C=O) groups is 1. The predicted octanol–water partition coefficient (Wildman–Crippen LogP) is 8.94. The minimum atomic E-state index is -0.235. The molecule has 0 spiro atoms. The topological polar surface area (TPSA) is 38.3 Å². The van der Waals surface area contributed by atoms with E-state index in [-0.39, 0.29) is 6.09 Å². The zero-order valence-electron chi connectivity index (χ0n) is 20.1. The monoisotopic (exact) mass is 411 g/mol. The van der Waals surface area contributed by atoms with E-state index in [0.29, 0.717) is 6.61 Å². The van der Waals surface area contributed by atoms with Gasteiger partial charge in [0.15, 0.2) is 0 Å². The summed E-state index contributed by atoms with van der Waals surface area (Å²) in [4.78, 5) is 11.6. The summed E-state index contributed by atoms with van der Waals surface area (Å²) in [7, 11) is 0. The molecule has 0 aromatic carbocycles. The molecule has 3 nitrogen and oxygen atoms in total. The van der Waals surface area contributed by atoms with Gasteiger partial charge in [0.05, 0.1) is 6.61 Å². The van der Waals surface area contributed by atoms with Gasteiger partial charge in [-0.2, -0.15) is 0 Å².